The zero-order valence-corrected chi connectivity index (χ0v) is 11.0. The molecule has 0 bridgehead atoms. The molecule has 0 spiro atoms. The molecule has 5 heteroatoms. The van der Waals surface area contributed by atoms with Crippen LogP contribution >= 0.6 is 0 Å². The molecule has 0 amide bonds. The van der Waals surface area contributed by atoms with E-state index in [0.717, 1.165) is 32.0 Å². The van der Waals surface area contributed by atoms with Crippen molar-refractivity contribution in [3.05, 3.63) is 12.3 Å². The van der Waals surface area contributed by atoms with Crippen molar-refractivity contribution in [1.29, 1.82) is 0 Å². The van der Waals surface area contributed by atoms with Gasteiger partial charge in [0, 0.05) is 31.2 Å². The van der Waals surface area contributed by atoms with Crippen molar-refractivity contribution < 1.29 is 0 Å². The molecule has 2 heterocycles. The maximum Gasteiger partial charge on any atom is 0.124 e. The van der Waals surface area contributed by atoms with Crippen LogP contribution in [0.3, 0.4) is 0 Å². The summed E-state index contributed by atoms with van der Waals surface area (Å²) in [6, 6.07) is 2.55. The van der Waals surface area contributed by atoms with E-state index in [9.17, 15) is 0 Å². The third-order valence-corrected chi connectivity index (χ3v) is 3.14. The average Bonchev–Trinajstić information content (AvgIpc) is 2.60. The highest BCUT2D eigenvalue weighted by molar-refractivity contribution is 5.35. The number of likely N-dealkylation sites (N-methyl/N-ethyl adjacent to an activating group) is 1. The summed E-state index contributed by atoms with van der Waals surface area (Å²) in [5, 5.41) is 14.6. The first-order valence-corrected chi connectivity index (χ1v) is 6.35. The van der Waals surface area contributed by atoms with Crippen molar-refractivity contribution in [3.63, 3.8) is 0 Å². The second-order valence-corrected chi connectivity index (χ2v) is 5.24. The molecule has 0 aromatic carbocycles. The fourth-order valence-corrected chi connectivity index (χ4v) is 2.04. The van der Waals surface area contributed by atoms with Crippen LogP contribution in [-0.2, 0) is 0 Å². The Morgan fingerprint density at radius 1 is 1.53 bits per heavy atom. The Labute approximate surface area is 103 Å². The number of nitrogens with one attached hydrogen (secondary N) is 3. The summed E-state index contributed by atoms with van der Waals surface area (Å²) in [4.78, 5) is 0. The van der Waals surface area contributed by atoms with E-state index in [1.54, 1.807) is 0 Å². The summed E-state index contributed by atoms with van der Waals surface area (Å²) in [7, 11) is 0. The van der Waals surface area contributed by atoms with Crippen LogP contribution in [0.2, 0.25) is 0 Å². The van der Waals surface area contributed by atoms with Crippen LogP contribution in [0.1, 0.15) is 26.8 Å². The van der Waals surface area contributed by atoms with Crippen molar-refractivity contribution >= 4 is 5.82 Å². The van der Waals surface area contributed by atoms with Gasteiger partial charge in [0.05, 0.1) is 12.2 Å². The quantitative estimate of drug-likeness (QED) is 0.686. The molecule has 0 saturated carbocycles. The van der Waals surface area contributed by atoms with Crippen LogP contribution in [0, 0.1) is 0 Å². The van der Waals surface area contributed by atoms with E-state index < -0.39 is 0 Å². The van der Waals surface area contributed by atoms with Gasteiger partial charge in [-0.3, -0.25) is 0 Å². The van der Waals surface area contributed by atoms with Crippen LogP contribution in [0.15, 0.2) is 12.3 Å². The molecule has 0 aliphatic carbocycles. The molecular weight excluding hydrogens is 214 g/mol. The smallest absolute Gasteiger partial charge is 0.124 e. The molecule has 0 unspecified atom stereocenters. The first-order chi connectivity index (χ1) is 8.12. The van der Waals surface area contributed by atoms with E-state index in [1.165, 1.54) is 0 Å². The van der Waals surface area contributed by atoms with E-state index in [1.807, 2.05) is 12.3 Å². The minimum Gasteiger partial charge on any atom is -0.368 e. The maximum absolute atomic E-state index is 4.38. The highest BCUT2D eigenvalue weighted by Gasteiger charge is 2.22. The lowest BCUT2D eigenvalue weighted by Gasteiger charge is -2.31. The summed E-state index contributed by atoms with van der Waals surface area (Å²) < 4.78 is 2.08. The van der Waals surface area contributed by atoms with Crippen LogP contribution < -0.4 is 16.0 Å². The lowest BCUT2D eigenvalue weighted by molar-refractivity contribution is 0.320. The van der Waals surface area contributed by atoms with Crippen molar-refractivity contribution in [1.82, 2.24) is 20.4 Å². The second kappa shape index (κ2) is 5.06. The summed E-state index contributed by atoms with van der Waals surface area (Å²) >= 11 is 0. The van der Waals surface area contributed by atoms with Gasteiger partial charge in [-0.15, -0.1) is 0 Å². The van der Waals surface area contributed by atoms with Gasteiger partial charge in [0.2, 0.25) is 0 Å². The van der Waals surface area contributed by atoms with Crippen LogP contribution in [0.25, 0.3) is 0 Å². The van der Waals surface area contributed by atoms with Gasteiger partial charge in [0.25, 0.3) is 0 Å². The highest BCUT2D eigenvalue weighted by Crippen LogP contribution is 2.18. The number of aromatic nitrogens is 2. The molecule has 1 aromatic rings. The predicted octanol–water partition coefficient (Wildman–Crippen LogP) is 0.827. The Bertz CT molecular complexity index is 354. The van der Waals surface area contributed by atoms with Crippen molar-refractivity contribution in [2.45, 2.75) is 32.4 Å². The van der Waals surface area contributed by atoms with Gasteiger partial charge in [-0.1, -0.05) is 6.92 Å². The van der Waals surface area contributed by atoms with Gasteiger partial charge in [-0.05, 0) is 20.4 Å². The third kappa shape index (κ3) is 2.98. The SMILES string of the molecule is CCNC(C)(C)CNc1ccnn1C1CNC1. The number of nitrogens with zero attached hydrogens (tertiary/aromatic N) is 2. The number of hydrogen-bond acceptors (Lipinski definition) is 4. The normalized spacial score (nSPS) is 16.9. The van der Waals surface area contributed by atoms with Gasteiger partial charge in [-0.25, -0.2) is 4.68 Å². The van der Waals surface area contributed by atoms with Gasteiger partial charge in [-0.2, -0.15) is 5.10 Å². The molecule has 1 aliphatic heterocycles. The largest absolute Gasteiger partial charge is 0.368 e. The van der Waals surface area contributed by atoms with E-state index in [0.29, 0.717) is 6.04 Å². The Morgan fingerprint density at radius 2 is 2.29 bits per heavy atom. The summed E-state index contributed by atoms with van der Waals surface area (Å²) in [5.74, 6) is 1.11. The lowest BCUT2D eigenvalue weighted by Crippen LogP contribution is -2.46. The van der Waals surface area contributed by atoms with E-state index in [4.69, 9.17) is 0 Å². The molecule has 2 rings (SSSR count). The number of rotatable bonds is 6. The first kappa shape index (κ1) is 12.4. The third-order valence-electron chi connectivity index (χ3n) is 3.14. The van der Waals surface area contributed by atoms with Crippen LogP contribution in [0.5, 0.6) is 0 Å². The topological polar surface area (TPSA) is 53.9 Å². The molecule has 1 saturated heterocycles. The van der Waals surface area contributed by atoms with Gasteiger partial charge in [0.1, 0.15) is 5.82 Å². The van der Waals surface area contributed by atoms with Crippen molar-refractivity contribution in [2.75, 3.05) is 31.5 Å². The van der Waals surface area contributed by atoms with Gasteiger partial charge < -0.3 is 16.0 Å². The molecule has 5 nitrogen and oxygen atoms in total. The Morgan fingerprint density at radius 3 is 2.88 bits per heavy atom. The van der Waals surface area contributed by atoms with Crippen LogP contribution in [-0.4, -0.2) is 41.5 Å². The second-order valence-electron chi connectivity index (χ2n) is 5.24. The Balaban J connectivity index is 1.92. The summed E-state index contributed by atoms with van der Waals surface area (Å²) in [6.07, 6.45) is 1.86. The first-order valence-electron chi connectivity index (χ1n) is 6.35. The van der Waals surface area contributed by atoms with Crippen molar-refractivity contribution in [3.8, 4) is 0 Å². The molecule has 0 radical (unpaired) electrons. The molecule has 1 aromatic heterocycles. The fraction of sp³-hybridized carbons (Fsp3) is 0.750. The van der Waals surface area contributed by atoms with Crippen LogP contribution in [0.4, 0.5) is 5.82 Å². The van der Waals surface area contributed by atoms with Crippen molar-refractivity contribution in [2.24, 2.45) is 0 Å². The number of anilines is 1. The average molecular weight is 237 g/mol. The predicted molar refractivity (Wildman–Crippen MR) is 70.4 cm³/mol. The minimum absolute atomic E-state index is 0.0989. The highest BCUT2D eigenvalue weighted by atomic mass is 15.4. The zero-order valence-electron chi connectivity index (χ0n) is 11.0. The summed E-state index contributed by atoms with van der Waals surface area (Å²) in [5.41, 5.74) is 0.0989. The molecule has 17 heavy (non-hydrogen) atoms. The lowest BCUT2D eigenvalue weighted by atomic mass is 10.1. The van der Waals surface area contributed by atoms with E-state index in [-0.39, 0.29) is 5.54 Å². The van der Waals surface area contributed by atoms with E-state index >= 15 is 0 Å². The fourth-order valence-electron chi connectivity index (χ4n) is 2.04. The molecule has 1 fully saturated rings. The maximum atomic E-state index is 4.38. The summed E-state index contributed by atoms with van der Waals surface area (Å²) in [6.45, 7) is 10.5. The monoisotopic (exact) mass is 237 g/mol. The molecular formula is C12H23N5. The molecule has 3 N–H and O–H groups in total. The number of hydrogen-bond donors (Lipinski definition) is 3. The van der Waals surface area contributed by atoms with Gasteiger partial charge >= 0.3 is 0 Å². The minimum atomic E-state index is 0.0989. The Kier molecular flexibility index (Phi) is 3.69. The molecule has 96 valence electrons. The van der Waals surface area contributed by atoms with Gasteiger partial charge in [0.15, 0.2) is 0 Å². The Hall–Kier alpha value is -1.07. The molecule has 1 aliphatic rings. The van der Waals surface area contributed by atoms with E-state index in [2.05, 4.69) is 46.5 Å². The zero-order chi connectivity index (χ0) is 12.3. The standard InChI is InChI=1S/C12H23N5/c1-4-15-12(2,3)9-14-11-5-6-16-17(11)10-7-13-8-10/h5-6,10,13-15H,4,7-9H2,1-3H3. The molecule has 0 atom stereocenters.